The maximum atomic E-state index is 13.7. The highest BCUT2D eigenvalue weighted by molar-refractivity contribution is 7.87. The highest BCUT2D eigenvalue weighted by Crippen LogP contribution is 2.37. The van der Waals surface area contributed by atoms with E-state index < -0.39 is 33.5 Å². The minimum Gasteiger partial charge on any atom is -0.377 e. The summed E-state index contributed by atoms with van der Waals surface area (Å²) >= 11 is 12.6. The quantitative estimate of drug-likeness (QED) is 0.147. The van der Waals surface area contributed by atoms with Gasteiger partial charge < -0.3 is 4.18 Å². The molecule has 0 spiro atoms. The number of imide groups is 2. The third kappa shape index (κ3) is 5.22. The van der Waals surface area contributed by atoms with Crippen molar-refractivity contribution < 1.29 is 27.0 Å². The summed E-state index contributed by atoms with van der Waals surface area (Å²) in [6.07, 6.45) is 1.11. The Morgan fingerprint density at radius 1 is 0.675 bits per heavy atom. The van der Waals surface area contributed by atoms with Crippen LogP contribution in [0.2, 0.25) is 10.0 Å². The molecule has 0 aliphatic carbocycles. The molecule has 0 N–H and O–H groups in total. The molecule has 8 nitrogen and oxygen atoms in total. The van der Waals surface area contributed by atoms with Gasteiger partial charge in [0.25, 0.3) is 11.8 Å². The van der Waals surface area contributed by atoms with E-state index in [0.29, 0.717) is 0 Å². The second kappa shape index (κ2) is 11.0. The van der Waals surface area contributed by atoms with Crippen molar-refractivity contribution in [2.75, 3.05) is 9.80 Å². The third-order valence-electron chi connectivity index (χ3n) is 5.84. The summed E-state index contributed by atoms with van der Waals surface area (Å²) in [5.41, 5.74) is -0.0650. The van der Waals surface area contributed by atoms with Gasteiger partial charge in [0.05, 0.1) is 16.4 Å². The Bertz CT molecular complexity index is 1700. The van der Waals surface area contributed by atoms with Gasteiger partial charge >= 0.3 is 16.1 Å². The number of hydrogen-bond donors (Lipinski definition) is 0. The first-order valence-electron chi connectivity index (χ1n) is 11.7. The largest absolute Gasteiger partial charge is 0.377 e. The molecule has 11 heteroatoms. The number of anilines is 2. The maximum absolute atomic E-state index is 13.7. The Labute approximate surface area is 239 Å². The predicted molar refractivity (Wildman–Crippen MR) is 152 cm³/mol. The van der Waals surface area contributed by atoms with Crippen molar-refractivity contribution in [1.82, 2.24) is 0 Å². The Hall–Kier alpha value is -4.44. The zero-order valence-corrected chi connectivity index (χ0v) is 22.7. The number of nitrogens with zero attached hydrogens (tertiary/aromatic N) is 2. The van der Waals surface area contributed by atoms with Gasteiger partial charge in [0.1, 0.15) is 10.5 Å². The van der Waals surface area contributed by atoms with E-state index in [9.17, 15) is 22.8 Å². The number of carbonyl (C=O) groups is 3. The fourth-order valence-electron chi connectivity index (χ4n) is 4.01. The average molecular weight is 593 g/mol. The molecule has 0 bridgehead atoms. The molecule has 40 heavy (non-hydrogen) atoms. The number of halogens is 2. The van der Waals surface area contributed by atoms with Gasteiger partial charge in [-0.3, -0.25) is 9.59 Å². The number of barbiturate groups is 1. The molecule has 200 valence electrons. The summed E-state index contributed by atoms with van der Waals surface area (Å²) in [5.74, 6) is -2.21. The van der Waals surface area contributed by atoms with Gasteiger partial charge in [-0.1, -0.05) is 77.8 Å². The highest BCUT2D eigenvalue weighted by atomic mass is 35.5. The number of urea groups is 1. The van der Waals surface area contributed by atoms with Crippen molar-refractivity contribution in [2.24, 2.45) is 0 Å². The van der Waals surface area contributed by atoms with Crippen molar-refractivity contribution in [3.05, 3.63) is 124 Å². The molecule has 1 fully saturated rings. The van der Waals surface area contributed by atoms with Gasteiger partial charge in [-0.2, -0.15) is 8.42 Å². The number of hydrogen-bond acceptors (Lipinski definition) is 6. The molecule has 1 heterocycles. The van der Waals surface area contributed by atoms with E-state index >= 15 is 0 Å². The molecule has 4 aromatic rings. The number of benzene rings is 4. The van der Waals surface area contributed by atoms with Gasteiger partial charge in [-0.25, -0.2) is 14.6 Å². The smallest absolute Gasteiger partial charge is 0.343 e. The summed E-state index contributed by atoms with van der Waals surface area (Å²) in [6.45, 7) is 0. The third-order valence-corrected chi connectivity index (χ3v) is 7.57. The second-order valence-electron chi connectivity index (χ2n) is 8.45. The minimum absolute atomic E-state index is 0.0657. The van der Waals surface area contributed by atoms with Crippen molar-refractivity contribution >= 4 is 68.6 Å². The minimum atomic E-state index is -4.36. The zero-order valence-electron chi connectivity index (χ0n) is 20.4. The SMILES string of the molecule is O=C1C(=Cc2cc(Cl)cc(Cl)c2OS(=O)(=O)c2ccccc2)C(=O)N(c2ccccc2)C(=O)N1c1ccccc1. The van der Waals surface area contributed by atoms with Crippen LogP contribution < -0.4 is 14.0 Å². The molecule has 1 saturated heterocycles. The normalized spacial score (nSPS) is 13.9. The lowest BCUT2D eigenvalue weighted by atomic mass is 10.0. The first kappa shape index (κ1) is 27.1. The van der Waals surface area contributed by atoms with Crippen molar-refractivity contribution in [1.29, 1.82) is 0 Å². The predicted octanol–water partition coefficient (Wildman–Crippen LogP) is 6.34. The van der Waals surface area contributed by atoms with Crippen LogP contribution in [0.3, 0.4) is 0 Å². The van der Waals surface area contributed by atoms with Crippen LogP contribution in [-0.4, -0.2) is 26.3 Å². The van der Waals surface area contributed by atoms with Crippen molar-refractivity contribution in [3.63, 3.8) is 0 Å². The molecular formula is C29H18Cl2N2O6S. The molecule has 4 amide bonds. The molecular weight excluding hydrogens is 575 g/mol. The van der Waals surface area contributed by atoms with Crippen LogP contribution in [0.5, 0.6) is 5.75 Å². The van der Waals surface area contributed by atoms with Gasteiger partial charge in [0, 0.05) is 10.6 Å². The molecule has 1 aliphatic heterocycles. The monoisotopic (exact) mass is 592 g/mol. The summed E-state index contributed by atoms with van der Waals surface area (Å²) < 4.78 is 31.4. The Balaban J connectivity index is 1.67. The van der Waals surface area contributed by atoms with Crippen LogP contribution in [0.25, 0.3) is 6.08 Å². The lowest BCUT2D eigenvalue weighted by Crippen LogP contribution is -2.57. The van der Waals surface area contributed by atoms with Gasteiger partial charge in [0.15, 0.2) is 5.75 Å². The van der Waals surface area contributed by atoms with E-state index in [1.165, 1.54) is 36.4 Å². The van der Waals surface area contributed by atoms with Crippen LogP contribution in [0.1, 0.15) is 5.56 Å². The first-order valence-corrected chi connectivity index (χ1v) is 13.9. The van der Waals surface area contributed by atoms with E-state index in [-0.39, 0.29) is 37.6 Å². The number of carbonyl (C=O) groups excluding carboxylic acids is 3. The first-order chi connectivity index (χ1) is 19.2. The standard InChI is InChI=1S/C29H18Cl2N2O6S/c30-20-16-19(26(25(31)18-20)39-40(37,38)23-14-8-3-9-15-23)17-24-27(34)32(21-10-4-1-5-11-21)29(36)33(28(24)35)22-12-6-2-7-13-22/h1-18H. The molecule has 0 radical (unpaired) electrons. The van der Waals surface area contributed by atoms with Crippen LogP contribution in [0, 0.1) is 0 Å². The molecule has 0 unspecified atom stereocenters. The molecule has 0 aromatic heterocycles. The second-order valence-corrected chi connectivity index (χ2v) is 10.8. The van der Waals surface area contributed by atoms with E-state index in [4.69, 9.17) is 27.4 Å². The number of amides is 4. The van der Waals surface area contributed by atoms with E-state index in [1.54, 1.807) is 66.7 Å². The highest BCUT2D eigenvalue weighted by Gasteiger charge is 2.44. The van der Waals surface area contributed by atoms with Crippen LogP contribution >= 0.6 is 23.2 Å². The molecule has 1 aliphatic rings. The van der Waals surface area contributed by atoms with Gasteiger partial charge in [-0.15, -0.1) is 0 Å². The fourth-order valence-corrected chi connectivity index (χ4v) is 5.60. The summed E-state index contributed by atoms with van der Waals surface area (Å²) in [6, 6.07) is 25.2. The van der Waals surface area contributed by atoms with Gasteiger partial charge in [-0.05, 0) is 54.6 Å². The fraction of sp³-hybridized carbons (Fsp3) is 0. The Kier molecular flexibility index (Phi) is 7.44. The Morgan fingerprint density at radius 2 is 1.15 bits per heavy atom. The maximum Gasteiger partial charge on any atom is 0.343 e. The van der Waals surface area contributed by atoms with E-state index in [0.717, 1.165) is 15.9 Å². The molecule has 0 saturated carbocycles. The topological polar surface area (TPSA) is 101 Å². The van der Waals surface area contributed by atoms with E-state index in [1.807, 2.05) is 0 Å². The van der Waals surface area contributed by atoms with E-state index in [2.05, 4.69) is 0 Å². The average Bonchev–Trinajstić information content (AvgIpc) is 2.94. The Morgan fingerprint density at radius 3 is 1.65 bits per heavy atom. The molecule has 4 aromatic carbocycles. The van der Waals surface area contributed by atoms with Crippen LogP contribution in [-0.2, 0) is 19.7 Å². The molecule has 5 rings (SSSR count). The lowest BCUT2D eigenvalue weighted by molar-refractivity contribution is -0.121. The number of para-hydroxylation sites is 2. The zero-order chi connectivity index (χ0) is 28.4. The van der Waals surface area contributed by atoms with Crippen LogP contribution in [0.4, 0.5) is 16.2 Å². The molecule has 0 atom stereocenters. The number of rotatable bonds is 6. The van der Waals surface area contributed by atoms with Crippen molar-refractivity contribution in [2.45, 2.75) is 4.90 Å². The van der Waals surface area contributed by atoms with Crippen LogP contribution in [0.15, 0.2) is 114 Å². The lowest BCUT2D eigenvalue weighted by Gasteiger charge is -2.34. The van der Waals surface area contributed by atoms with Gasteiger partial charge in [0.2, 0.25) is 0 Å². The summed E-state index contributed by atoms with van der Waals surface area (Å²) in [4.78, 5) is 42.4. The summed E-state index contributed by atoms with van der Waals surface area (Å²) in [5, 5.41) is -0.0848. The summed E-state index contributed by atoms with van der Waals surface area (Å²) in [7, 11) is -4.36. The van der Waals surface area contributed by atoms with Crippen molar-refractivity contribution in [3.8, 4) is 5.75 Å².